The number of nitrogens with one attached hydrogen (secondary N) is 1. The quantitative estimate of drug-likeness (QED) is 0.744. The third-order valence-electron chi connectivity index (χ3n) is 2.60. The van der Waals surface area contributed by atoms with Crippen LogP contribution in [0.3, 0.4) is 0 Å². The van der Waals surface area contributed by atoms with Gasteiger partial charge in [0.1, 0.15) is 11.9 Å². The first kappa shape index (κ1) is 15.9. The molecule has 0 radical (unpaired) electrons. The Morgan fingerprint density at radius 1 is 1.40 bits per heavy atom. The molecule has 1 aromatic rings. The Labute approximate surface area is 118 Å². The highest BCUT2D eigenvalue weighted by molar-refractivity contribution is 5.89. The minimum absolute atomic E-state index is 0.252. The van der Waals surface area contributed by atoms with E-state index < -0.39 is 18.0 Å². The van der Waals surface area contributed by atoms with Gasteiger partial charge in [-0.2, -0.15) is 0 Å². The van der Waals surface area contributed by atoms with Crippen molar-refractivity contribution < 1.29 is 19.4 Å². The van der Waals surface area contributed by atoms with Crippen molar-refractivity contribution in [1.29, 1.82) is 0 Å². The molecule has 2 N–H and O–H groups in total. The number of aromatic nitrogens is 1. The van der Waals surface area contributed by atoms with Crippen LogP contribution in [0, 0.1) is 5.92 Å². The van der Waals surface area contributed by atoms with Gasteiger partial charge in [-0.05, 0) is 31.4 Å². The van der Waals surface area contributed by atoms with Crippen LogP contribution < -0.4 is 5.32 Å². The van der Waals surface area contributed by atoms with Crippen LogP contribution in [0.25, 0.3) is 0 Å². The maximum Gasteiger partial charge on any atom is 0.339 e. The van der Waals surface area contributed by atoms with Gasteiger partial charge in [0.2, 0.25) is 0 Å². The summed E-state index contributed by atoms with van der Waals surface area (Å²) in [6, 6.07) is 2.43. The number of hydrogen-bond acceptors (Lipinski definition) is 5. The van der Waals surface area contributed by atoms with Crippen LogP contribution in [-0.2, 0) is 9.53 Å². The van der Waals surface area contributed by atoms with E-state index in [1.165, 1.54) is 6.20 Å². The fourth-order valence-electron chi connectivity index (χ4n) is 1.69. The summed E-state index contributed by atoms with van der Waals surface area (Å²) in [4.78, 5) is 26.6. The van der Waals surface area contributed by atoms with Crippen LogP contribution in [0.5, 0.6) is 0 Å². The van der Waals surface area contributed by atoms with Gasteiger partial charge in [-0.15, -0.1) is 0 Å². The number of carboxylic acid groups (broad SMARTS) is 1. The van der Waals surface area contributed by atoms with Gasteiger partial charge < -0.3 is 15.2 Å². The van der Waals surface area contributed by atoms with Crippen LogP contribution in [-0.4, -0.2) is 34.7 Å². The molecule has 1 aromatic heterocycles. The number of esters is 1. The number of hydrogen-bond donors (Lipinski definition) is 2. The van der Waals surface area contributed by atoms with Gasteiger partial charge in [0.15, 0.2) is 0 Å². The first-order chi connectivity index (χ1) is 9.43. The second kappa shape index (κ2) is 7.47. The van der Waals surface area contributed by atoms with Crippen molar-refractivity contribution in [3.05, 3.63) is 23.9 Å². The zero-order valence-corrected chi connectivity index (χ0v) is 11.9. The SMILES string of the molecule is CCOC(=O)c1ccc(N[C@@H](CC(C)C)C(=O)O)nc1. The fourth-order valence-corrected chi connectivity index (χ4v) is 1.69. The van der Waals surface area contributed by atoms with Crippen molar-refractivity contribution in [2.45, 2.75) is 33.2 Å². The summed E-state index contributed by atoms with van der Waals surface area (Å²) in [6.45, 7) is 5.93. The Kier molecular flexibility index (Phi) is 5.96. The van der Waals surface area contributed by atoms with E-state index in [4.69, 9.17) is 9.84 Å². The lowest BCUT2D eigenvalue weighted by molar-refractivity contribution is -0.138. The molecule has 1 atom stereocenters. The molecule has 0 aliphatic heterocycles. The average Bonchev–Trinajstić information content (AvgIpc) is 2.38. The summed E-state index contributed by atoms with van der Waals surface area (Å²) in [7, 11) is 0. The molecule has 6 nitrogen and oxygen atoms in total. The van der Waals surface area contributed by atoms with Crippen LogP contribution in [0.4, 0.5) is 5.82 Å². The second-order valence-electron chi connectivity index (χ2n) is 4.82. The van der Waals surface area contributed by atoms with Gasteiger partial charge >= 0.3 is 11.9 Å². The highest BCUT2D eigenvalue weighted by atomic mass is 16.5. The van der Waals surface area contributed by atoms with E-state index in [1.54, 1.807) is 19.1 Å². The molecule has 110 valence electrons. The summed E-state index contributed by atoms with van der Waals surface area (Å²) < 4.78 is 4.85. The van der Waals surface area contributed by atoms with Crippen molar-refractivity contribution >= 4 is 17.8 Å². The Morgan fingerprint density at radius 3 is 2.55 bits per heavy atom. The van der Waals surface area contributed by atoms with Crippen molar-refractivity contribution in [1.82, 2.24) is 4.98 Å². The lowest BCUT2D eigenvalue weighted by atomic mass is 10.0. The van der Waals surface area contributed by atoms with E-state index in [-0.39, 0.29) is 5.92 Å². The van der Waals surface area contributed by atoms with Gasteiger partial charge in [-0.25, -0.2) is 14.6 Å². The predicted octanol–water partition coefficient (Wildman–Crippen LogP) is 2.17. The number of aliphatic carboxylic acids is 1. The third kappa shape index (κ3) is 4.87. The van der Waals surface area contributed by atoms with E-state index in [0.717, 1.165) is 0 Å². The Bertz CT molecular complexity index is 457. The predicted molar refractivity (Wildman–Crippen MR) is 74.7 cm³/mol. The van der Waals surface area contributed by atoms with Crippen molar-refractivity contribution in [3.63, 3.8) is 0 Å². The van der Waals surface area contributed by atoms with Crippen LogP contribution >= 0.6 is 0 Å². The van der Waals surface area contributed by atoms with Crippen molar-refractivity contribution in [2.75, 3.05) is 11.9 Å². The minimum atomic E-state index is -0.921. The summed E-state index contributed by atoms with van der Waals surface area (Å²) in [5, 5.41) is 12.0. The molecule has 1 heterocycles. The Morgan fingerprint density at radius 2 is 2.10 bits per heavy atom. The average molecular weight is 280 g/mol. The van der Waals surface area contributed by atoms with E-state index in [0.29, 0.717) is 24.4 Å². The first-order valence-corrected chi connectivity index (χ1v) is 6.56. The van der Waals surface area contributed by atoms with E-state index in [9.17, 15) is 9.59 Å². The maximum atomic E-state index is 11.5. The standard InChI is InChI=1S/C14H20N2O4/c1-4-20-14(19)10-5-6-12(15-8-10)16-11(13(17)18)7-9(2)3/h5-6,8-9,11H,4,7H2,1-3H3,(H,15,16)(H,17,18)/t11-/m0/s1. The summed E-state index contributed by atoms with van der Waals surface area (Å²) in [5.74, 6) is -0.688. The van der Waals surface area contributed by atoms with Crippen LogP contribution in [0.1, 0.15) is 37.6 Å². The normalized spacial score (nSPS) is 12.0. The molecule has 6 heteroatoms. The molecule has 0 aromatic carbocycles. The number of ether oxygens (including phenoxy) is 1. The number of rotatable bonds is 7. The monoisotopic (exact) mass is 280 g/mol. The van der Waals surface area contributed by atoms with Crippen molar-refractivity contribution in [2.24, 2.45) is 5.92 Å². The molecule has 0 amide bonds. The number of carbonyl (C=O) groups is 2. The lowest BCUT2D eigenvalue weighted by Crippen LogP contribution is -2.31. The van der Waals surface area contributed by atoms with Gasteiger partial charge in [0.25, 0.3) is 0 Å². The van der Waals surface area contributed by atoms with Crippen LogP contribution in [0.15, 0.2) is 18.3 Å². The zero-order chi connectivity index (χ0) is 15.1. The fraction of sp³-hybridized carbons (Fsp3) is 0.500. The number of carbonyl (C=O) groups excluding carboxylic acids is 1. The zero-order valence-electron chi connectivity index (χ0n) is 11.9. The minimum Gasteiger partial charge on any atom is -0.480 e. The van der Waals surface area contributed by atoms with Crippen LogP contribution in [0.2, 0.25) is 0 Å². The number of anilines is 1. The highest BCUT2D eigenvalue weighted by Crippen LogP contribution is 2.12. The van der Waals surface area contributed by atoms with Gasteiger partial charge in [-0.1, -0.05) is 13.8 Å². The van der Waals surface area contributed by atoms with E-state index in [2.05, 4.69) is 10.3 Å². The number of nitrogens with zero attached hydrogens (tertiary/aromatic N) is 1. The molecule has 0 saturated heterocycles. The topological polar surface area (TPSA) is 88.5 Å². The number of pyridine rings is 1. The summed E-state index contributed by atoms with van der Waals surface area (Å²) >= 11 is 0. The molecule has 0 unspecified atom stereocenters. The Hall–Kier alpha value is -2.11. The van der Waals surface area contributed by atoms with Crippen molar-refractivity contribution in [3.8, 4) is 0 Å². The van der Waals surface area contributed by atoms with E-state index in [1.807, 2.05) is 13.8 Å². The third-order valence-corrected chi connectivity index (χ3v) is 2.60. The summed E-state index contributed by atoms with van der Waals surface area (Å²) in [5.41, 5.74) is 0.341. The largest absolute Gasteiger partial charge is 0.480 e. The smallest absolute Gasteiger partial charge is 0.339 e. The molecule has 1 rings (SSSR count). The van der Waals surface area contributed by atoms with Gasteiger partial charge in [0.05, 0.1) is 12.2 Å². The molecule has 20 heavy (non-hydrogen) atoms. The molecule has 0 fully saturated rings. The molecule has 0 aliphatic rings. The molecule has 0 aliphatic carbocycles. The number of carboxylic acids is 1. The molecular weight excluding hydrogens is 260 g/mol. The Balaban J connectivity index is 2.72. The van der Waals surface area contributed by atoms with E-state index >= 15 is 0 Å². The molecule has 0 bridgehead atoms. The highest BCUT2D eigenvalue weighted by Gasteiger charge is 2.19. The van der Waals surface area contributed by atoms with Gasteiger partial charge in [0, 0.05) is 6.20 Å². The molecular formula is C14H20N2O4. The molecule has 0 spiro atoms. The second-order valence-corrected chi connectivity index (χ2v) is 4.82. The maximum absolute atomic E-state index is 11.5. The lowest BCUT2D eigenvalue weighted by Gasteiger charge is -2.17. The summed E-state index contributed by atoms with van der Waals surface area (Å²) in [6.07, 6.45) is 1.87. The first-order valence-electron chi connectivity index (χ1n) is 6.56. The molecule has 0 saturated carbocycles. The van der Waals surface area contributed by atoms with Gasteiger partial charge in [-0.3, -0.25) is 0 Å².